The van der Waals surface area contributed by atoms with Gasteiger partial charge in [-0.1, -0.05) is 11.3 Å². The molecular weight excluding hydrogens is 397 g/mol. The van der Waals surface area contributed by atoms with Gasteiger partial charge in [-0.25, -0.2) is 14.2 Å². The number of hydrogen-bond donors (Lipinski definition) is 2. The van der Waals surface area contributed by atoms with Gasteiger partial charge in [0.25, 0.3) is 5.91 Å². The number of amides is 2. The van der Waals surface area contributed by atoms with Crippen LogP contribution in [0.1, 0.15) is 17.3 Å². The Bertz CT molecular complexity index is 1000. The number of carbonyl (C=O) groups excluding carboxylic acids is 2. The Balaban J connectivity index is 1.87. The van der Waals surface area contributed by atoms with Gasteiger partial charge < -0.3 is 9.47 Å². The number of anilines is 2. The quantitative estimate of drug-likeness (QED) is 0.605. The van der Waals surface area contributed by atoms with Crippen LogP contribution in [0.3, 0.4) is 0 Å². The minimum atomic E-state index is -0.646. The first-order valence-corrected chi connectivity index (χ1v) is 9.47. The molecule has 0 spiro atoms. The van der Waals surface area contributed by atoms with Gasteiger partial charge in [-0.15, -0.1) is 0 Å². The number of hydrogen-bond acceptors (Lipinski definition) is 6. The van der Waals surface area contributed by atoms with Gasteiger partial charge in [0.05, 0.1) is 13.7 Å². The summed E-state index contributed by atoms with van der Waals surface area (Å²) in [5.74, 6) is -0.123. The molecule has 0 unspecified atom stereocenters. The van der Waals surface area contributed by atoms with Gasteiger partial charge in [0.15, 0.2) is 5.13 Å². The Hall–Kier alpha value is -3.46. The van der Waals surface area contributed by atoms with Crippen LogP contribution in [0.5, 0.6) is 5.75 Å². The number of nitrogens with zero attached hydrogens (tertiary/aromatic N) is 1. The first-order chi connectivity index (χ1) is 14.0. The SMILES string of the molecule is CCOC(=O)Nc1sc(NC(=O)c2ccc(OC)cc2)nc1-c1ccc(F)cc1. The summed E-state index contributed by atoms with van der Waals surface area (Å²) in [7, 11) is 1.54. The molecule has 0 saturated carbocycles. The minimum Gasteiger partial charge on any atom is -0.497 e. The largest absolute Gasteiger partial charge is 0.497 e. The van der Waals surface area contributed by atoms with Crippen LogP contribution in [-0.2, 0) is 4.74 Å². The minimum absolute atomic E-state index is 0.206. The van der Waals surface area contributed by atoms with Gasteiger partial charge in [0.1, 0.15) is 22.3 Å². The second-order valence-corrected chi connectivity index (χ2v) is 6.73. The molecule has 0 atom stereocenters. The fourth-order valence-electron chi connectivity index (χ4n) is 2.43. The summed E-state index contributed by atoms with van der Waals surface area (Å²) in [5.41, 5.74) is 1.40. The highest BCUT2D eigenvalue weighted by atomic mass is 32.1. The molecule has 3 rings (SSSR count). The lowest BCUT2D eigenvalue weighted by atomic mass is 10.1. The van der Waals surface area contributed by atoms with Crippen LogP contribution in [0.25, 0.3) is 11.3 Å². The Labute approximate surface area is 170 Å². The zero-order valence-electron chi connectivity index (χ0n) is 15.7. The van der Waals surface area contributed by atoms with Gasteiger partial charge >= 0.3 is 6.09 Å². The van der Waals surface area contributed by atoms with Gasteiger partial charge in [0.2, 0.25) is 0 Å². The summed E-state index contributed by atoms with van der Waals surface area (Å²) in [6.07, 6.45) is -0.646. The van der Waals surface area contributed by atoms with Crippen LogP contribution in [0.2, 0.25) is 0 Å². The standard InChI is InChI=1S/C20H18FN3O4S/c1-3-28-20(26)24-18-16(12-4-8-14(21)9-5-12)22-19(29-18)23-17(25)13-6-10-15(27-2)11-7-13/h4-11H,3H2,1-2H3,(H,24,26)(H,22,23,25). The number of thiazole rings is 1. The molecule has 0 aliphatic carbocycles. The molecule has 0 bridgehead atoms. The molecule has 2 amide bonds. The van der Waals surface area contributed by atoms with E-state index in [1.165, 1.54) is 24.3 Å². The van der Waals surface area contributed by atoms with Crippen LogP contribution >= 0.6 is 11.3 Å². The molecular formula is C20H18FN3O4S. The maximum absolute atomic E-state index is 13.3. The highest BCUT2D eigenvalue weighted by Crippen LogP contribution is 2.36. The number of aromatic nitrogens is 1. The average molecular weight is 415 g/mol. The molecule has 0 aliphatic rings. The molecule has 0 radical (unpaired) electrons. The molecule has 0 saturated heterocycles. The van der Waals surface area contributed by atoms with Crippen molar-refractivity contribution in [3.05, 3.63) is 59.9 Å². The smallest absolute Gasteiger partial charge is 0.412 e. The Morgan fingerprint density at radius 1 is 1.07 bits per heavy atom. The number of benzene rings is 2. The summed E-state index contributed by atoms with van der Waals surface area (Å²) in [6.45, 7) is 1.89. The van der Waals surface area contributed by atoms with Crippen molar-refractivity contribution in [2.24, 2.45) is 0 Å². The molecule has 150 valence electrons. The summed E-state index contributed by atoms with van der Waals surface area (Å²) < 4.78 is 23.2. The Morgan fingerprint density at radius 2 is 1.76 bits per heavy atom. The van der Waals surface area contributed by atoms with Crippen LogP contribution in [0, 0.1) is 5.82 Å². The van der Waals surface area contributed by atoms with E-state index in [4.69, 9.17) is 9.47 Å². The number of methoxy groups -OCH3 is 1. The topological polar surface area (TPSA) is 89.6 Å². The van der Waals surface area contributed by atoms with Gasteiger partial charge in [-0.05, 0) is 55.5 Å². The number of carbonyl (C=O) groups is 2. The van der Waals surface area contributed by atoms with Crippen molar-refractivity contribution in [2.45, 2.75) is 6.92 Å². The van der Waals surface area contributed by atoms with Crippen molar-refractivity contribution in [2.75, 3.05) is 24.4 Å². The number of halogens is 1. The van der Waals surface area contributed by atoms with E-state index in [0.29, 0.717) is 27.6 Å². The lowest BCUT2D eigenvalue weighted by molar-refractivity contribution is 0.102. The second kappa shape index (κ2) is 9.16. The average Bonchev–Trinajstić information content (AvgIpc) is 3.10. The third-order valence-corrected chi connectivity index (χ3v) is 4.69. The van der Waals surface area contributed by atoms with Gasteiger partial charge in [-0.2, -0.15) is 0 Å². The third-order valence-electron chi connectivity index (χ3n) is 3.81. The van der Waals surface area contributed by atoms with Gasteiger partial charge in [0, 0.05) is 11.1 Å². The highest BCUT2D eigenvalue weighted by molar-refractivity contribution is 7.20. The van der Waals surface area contributed by atoms with E-state index in [9.17, 15) is 14.0 Å². The third kappa shape index (κ3) is 5.08. The fourth-order valence-corrected chi connectivity index (χ4v) is 3.30. The molecule has 29 heavy (non-hydrogen) atoms. The van der Waals surface area contributed by atoms with E-state index in [1.54, 1.807) is 38.3 Å². The predicted octanol–water partition coefficient (Wildman–Crippen LogP) is 4.78. The lowest BCUT2D eigenvalue weighted by Crippen LogP contribution is -2.12. The van der Waals surface area contributed by atoms with Crippen molar-refractivity contribution in [1.82, 2.24) is 4.98 Å². The monoisotopic (exact) mass is 415 g/mol. The molecule has 1 aromatic heterocycles. The van der Waals surface area contributed by atoms with Crippen LogP contribution < -0.4 is 15.4 Å². The number of ether oxygens (including phenoxy) is 2. The van der Waals surface area contributed by atoms with E-state index in [-0.39, 0.29) is 17.6 Å². The van der Waals surface area contributed by atoms with Crippen molar-refractivity contribution >= 4 is 33.5 Å². The maximum Gasteiger partial charge on any atom is 0.412 e. The molecule has 9 heteroatoms. The maximum atomic E-state index is 13.3. The summed E-state index contributed by atoms with van der Waals surface area (Å²) in [5, 5.41) is 5.96. The zero-order valence-corrected chi connectivity index (χ0v) is 16.5. The van der Waals surface area contributed by atoms with E-state index in [2.05, 4.69) is 15.6 Å². The zero-order chi connectivity index (χ0) is 20.8. The van der Waals surface area contributed by atoms with Crippen molar-refractivity contribution in [3.63, 3.8) is 0 Å². The molecule has 0 aliphatic heterocycles. The van der Waals surface area contributed by atoms with E-state index in [1.807, 2.05) is 0 Å². The van der Waals surface area contributed by atoms with Crippen LogP contribution in [0.15, 0.2) is 48.5 Å². The van der Waals surface area contributed by atoms with Crippen LogP contribution in [0.4, 0.5) is 19.3 Å². The van der Waals surface area contributed by atoms with E-state index in [0.717, 1.165) is 11.3 Å². The molecule has 3 aromatic rings. The number of rotatable bonds is 6. The first kappa shape index (κ1) is 20.3. The van der Waals surface area contributed by atoms with E-state index >= 15 is 0 Å². The number of nitrogens with one attached hydrogen (secondary N) is 2. The Kier molecular flexibility index (Phi) is 6.40. The summed E-state index contributed by atoms with van der Waals surface area (Å²) in [6, 6.07) is 12.3. The normalized spacial score (nSPS) is 10.3. The molecule has 0 fully saturated rings. The van der Waals surface area contributed by atoms with Gasteiger partial charge in [-0.3, -0.25) is 15.4 Å². The fraction of sp³-hybridized carbons (Fsp3) is 0.150. The van der Waals surface area contributed by atoms with Crippen molar-refractivity contribution in [1.29, 1.82) is 0 Å². The van der Waals surface area contributed by atoms with Crippen LogP contribution in [-0.4, -0.2) is 30.7 Å². The van der Waals surface area contributed by atoms with Crippen molar-refractivity contribution < 1.29 is 23.5 Å². The summed E-state index contributed by atoms with van der Waals surface area (Å²) in [4.78, 5) is 28.7. The van der Waals surface area contributed by atoms with E-state index < -0.39 is 11.9 Å². The molecule has 2 aromatic carbocycles. The Morgan fingerprint density at radius 3 is 2.38 bits per heavy atom. The van der Waals surface area contributed by atoms with Crippen molar-refractivity contribution in [3.8, 4) is 17.0 Å². The first-order valence-electron chi connectivity index (χ1n) is 8.66. The molecule has 7 nitrogen and oxygen atoms in total. The predicted molar refractivity (Wildman–Crippen MR) is 109 cm³/mol. The highest BCUT2D eigenvalue weighted by Gasteiger charge is 2.18. The molecule has 2 N–H and O–H groups in total. The second-order valence-electron chi connectivity index (χ2n) is 5.73. The summed E-state index contributed by atoms with van der Waals surface area (Å²) >= 11 is 1.07. The molecule has 1 heterocycles. The lowest BCUT2D eigenvalue weighted by Gasteiger charge is -2.05.